The van der Waals surface area contributed by atoms with Crippen LogP contribution >= 0.6 is 11.6 Å². The molecule has 0 aromatic rings. The molecule has 0 aliphatic heterocycles. The lowest BCUT2D eigenvalue weighted by Gasteiger charge is -2.21. The molecule has 0 N–H and O–H groups in total. The molecule has 1 nitrogen and oxygen atoms in total. The molecule has 0 aromatic heterocycles. The minimum Gasteiger partial charge on any atom is -0.462 e. The maximum Gasteiger partial charge on any atom is 0.395 e. The van der Waals surface area contributed by atoms with Crippen molar-refractivity contribution in [3.63, 3.8) is 0 Å². The van der Waals surface area contributed by atoms with Gasteiger partial charge in [0.25, 0.3) is 0 Å². The van der Waals surface area contributed by atoms with Crippen molar-refractivity contribution in [3.8, 4) is 0 Å². The van der Waals surface area contributed by atoms with Gasteiger partial charge in [-0.15, -0.1) is 0 Å². The molecule has 2 rings (SSSR count). The molecular formula is C13H12ClF3O. The minimum atomic E-state index is -4.22. The van der Waals surface area contributed by atoms with Crippen LogP contribution in [0.3, 0.4) is 0 Å². The Morgan fingerprint density at radius 1 is 1.33 bits per heavy atom. The Labute approximate surface area is 108 Å². The van der Waals surface area contributed by atoms with Gasteiger partial charge in [-0.3, -0.25) is 0 Å². The summed E-state index contributed by atoms with van der Waals surface area (Å²) in [5.41, 5.74) is 0. The van der Waals surface area contributed by atoms with Crippen molar-refractivity contribution < 1.29 is 17.9 Å². The molecule has 0 saturated heterocycles. The third kappa shape index (κ3) is 3.42. The van der Waals surface area contributed by atoms with Gasteiger partial charge in [0.05, 0.1) is 5.92 Å². The highest BCUT2D eigenvalue weighted by Crippen LogP contribution is 2.34. The summed E-state index contributed by atoms with van der Waals surface area (Å²) in [6, 6.07) is 0. The highest BCUT2D eigenvalue weighted by Gasteiger charge is 2.38. The molecule has 2 aliphatic rings. The molecule has 0 heterocycles. The monoisotopic (exact) mass is 276 g/mol. The molecule has 0 bridgehead atoms. The number of allylic oxidation sites excluding steroid dienone is 7. The first kappa shape index (κ1) is 13.3. The SMILES string of the molecule is FC(F)(F)C1C=C(OC2=CC(Cl)=CCC2)C=CC1. The maximum atomic E-state index is 12.6. The van der Waals surface area contributed by atoms with Crippen LogP contribution in [0, 0.1) is 5.92 Å². The Kier molecular flexibility index (Phi) is 3.85. The van der Waals surface area contributed by atoms with Crippen molar-refractivity contribution in [1.82, 2.24) is 0 Å². The first-order valence-corrected chi connectivity index (χ1v) is 6.02. The summed E-state index contributed by atoms with van der Waals surface area (Å²) in [4.78, 5) is 0. The molecule has 0 saturated carbocycles. The molecule has 18 heavy (non-hydrogen) atoms. The molecular weight excluding hydrogens is 265 g/mol. The molecule has 0 aromatic carbocycles. The van der Waals surface area contributed by atoms with Crippen molar-refractivity contribution in [1.29, 1.82) is 0 Å². The van der Waals surface area contributed by atoms with E-state index < -0.39 is 12.1 Å². The van der Waals surface area contributed by atoms with Crippen LogP contribution in [0.1, 0.15) is 19.3 Å². The Bertz CT molecular complexity index is 444. The fourth-order valence-electron chi connectivity index (χ4n) is 1.82. The maximum absolute atomic E-state index is 12.6. The van der Waals surface area contributed by atoms with Crippen LogP contribution in [0.2, 0.25) is 0 Å². The van der Waals surface area contributed by atoms with E-state index in [1.807, 2.05) is 6.08 Å². The van der Waals surface area contributed by atoms with Crippen molar-refractivity contribution in [2.45, 2.75) is 25.4 Å². The van der Waals surface area contributed by atoms with Crippen molar-refractivity contribution in [2.24, 2.45) is 5.92 Å². The molecule has 0 spiro atoms. The smallest absolute Gasteiger partial charge is 0.395 e. The number of rotatable bonds is 2. The van der Waals surface area contributed by atoms with Crippen molar-refractivity contribution in [2.75, 3.05) is 0 Å². The average Bonchev–Trinajstić information content (AvgIpc) is 2.28. The summed E-state index contributed by atoms with van der Waals surface area (Å²) in [5, 5.41) is 0.559. The van der Waals surface area contributed by atoms with Crippen LogP contribution in [0.15, 0.2) is 46.9 Å². The molecule has 1 unspecified atom stereocenters. The van der Waals surface area contributed by atoms with Gasteiger partial charge in [0, 0.05) is 11.5 Å². The Hall–Kier alpha value is -1.16. The zero-order chi connectivity index (χ0) is 13.2. The van der Waals surface area contributed by atoms with E-state index in [4.69, 9.17) is 16.3 Å². The fourth-order valence-corrected chi connectivity index (χ4v) is 2.05. The number of hydrogen-bond acceptors (Lipinski definition) is 1. The predicted molar refractivity (Wildman–Crippen MR) is 63.7 cm³/mol. The molecule has 0 amide bonds. The van der Waals surface area contributed by atoms with Crippen LogP contribution in [-0.4, -0.2) is 6.18 Å². The second-order valence-electron chi connectivity index (χ2n) is 4.20. The topological polar surface area (TPSA) is 9.23 Å². The van der Waals surface area contributed by atoms with Gasteiger partial charge in [-0.1, -0.05) is 23.8 Å². The van der Waals surface area contributed by atoms with Gasteiger partial charge in [0.15, 0.2) is 0 Å². The van der Waals surface area contributed by atoms with Gasteiger partial charge in [-0.2, -0.15) is 13.2 Å². The Morgan fingerprint density at radius 2 is 2.11 bits per heavy atom. The van der Waals surface area contributed by atoms with Crippen LogP contribution in [0.4, 0.5) is 13.2 Å². The van der Waals surface area contributed by atoms with Crippen LogP contribution in [0.5, 0.6) is 0 Å². The average molecular weight is 277 g/mol. The van der Waals surface area contributed by atoms with E-state index in [1.165, 1.54) is 6.08 Å². The van der Waals surface area contributed by atoms with Gasteiger partial charge in [-0.25, -0.2) is 0 Å². The summed E-state index contributed by atoms with van der Waals surface area (Å²) in [5.74, 6) is -0.630. The van der Waals surface area contributed by atoms with E-state index in [-0.39, 0.29) is 12.2 Å². The van der Waals surface area contributed by atoms with Gasteiger partial charge < -0.3 is 4.74 Å². The number of halogens is 4. The number of ether oxygens (including phenoxy) is 1. The molecule has 5 heteroatoms. The van der Waals surface area contributed by atoms with Crippen LogP contribution in [0.25, 0.3) is 0 Å². The second kappa shape index (κ2) is 5.22. The lowest BCUT2D eigenvalue weighted by Crippen LogP contribution is -2.22. The fraction of sp³-hybridized carbons (Fsp3) is 0.385. The summed E-state index contributed by atoms with van der Waals surface area (Å²) in [6.45, 7) is 0. The standard InChI is InChI=1S/C13H12ClF3O/c14-10-4-2-6-12(8-10)18-11-5-1-3-9(7-11)13(15,16)17/h1,4-5,7-9H,2-3,6H2. The lowest BCUT2D eigenvalue weighted by atomic mass is 9.99. The van der Waals surface area contributed by atoms with Gasteiger partial charge in [0.1, 0.15) is 11.5 Å². The van der Waals surface area contributed by atoms with E-state index in [9.17, 15) is 13.2 Å². The number of hydrogen-bond donors (Lipinski definition) is 0. The molecule has 2 aliphatic carbocycles. The largest absolute Gasteiger partial charge is 0.462 e. The van der Waals surface area contributed by atoms with Crippen LogP contribution < -0.4 is 0 Å². The van der Waals surface area contributed by atoms with Crippen LogP contribution in [-0.2, 0) is 4.74 Å². The summed E-state index contributed by atoms with van der Waals surface area (Å²) < 4.78 is 43.2. The van der Waals surface area contributed by atoms with E-state index in [0.717, 1.165) is 12.5 Å². The molecule has 98 valence electrons. The van der Waals surface area contributed by atoms with Gasteiger partial charge in [-0.05, 0) is 31.1 Å². The summed E-state index contributed by atoms with van der Waals surface area (Å²) in [7, 11) is 0. The van der Waals surface area contributed by atoms with Crippen molar-refractivity contribution >= 4 is 11.6 Å². The van der Waals surface area contributed by atoms with Gasteiger partial charge in [0.2, 0.25) is 0 Å². The predicted octanol–water partition coefficient (Wildman–Crippen LogP) is 4.83. The summed E-state index contributed by atoms with van der Waals surface area (Å²) >= 11 is 5.82. The van der Waals surface area contributed by atoms with Crippen molar-refractivity contribution in [3.05, 3.63) is 46.9 Å². The third-order valence-corrected chi connectivity index (χ3v) is 3.00. The molecule has 1 atom stereocenters. The highest BCUT2D eigenvalue weighted by molar-refractivity contribution is 6.31. The minimum absolute atomic E-state index is 0.0317. The Morgan fingerprint density at radius 3 is 2.78 bits per heavy atom. The lowest BCUT2D eigenvalue weighted by molar-refractivity contribution is -0.161. The quantitative estimate of drug-likeness (QED) is 0.702. The second-order valence-corrected chi connectivity index (χ2v) is 4.63. The molecule has 0 radical (unpaired) electrons. The van der Waals surface area contributed by atoms with E-state index >= 15 is 0 Å². The Balaban J connectivity index is 2.07. The summed E-state index contributed by atoms with van der Waals surface area (Å²) in [6.07, 6.45) is 4.78. The van der Waals surface area contributed by atoms with E-state index in [0.29, 0.717) is 17.2 Å². The van der Waals surface area contributed by atoms with E-state index in [1.54, 1.807) is 12.2 Å². The normalized spacial score (nSPS) is 24.2. The first-order valence-electron chi connectivity index (χ1n) is 5.64. The first-order chi connectivity index (χ1) is 8.45. The zero-order valence-corrected chi connectivity index (χ0v) is 10.3. The number of alkyl halides is 3. The van der Waals surface area contributed by atoms with Gasteiger partial charge >= 0.3 is 6.18 Å². The zero-order valence-electron chi connectivity index (χ0n) is 9.51. The van der Waals surface area contributed by atoms with E-state index in [2.05, 4.69) is 0 Å². The molecule has 0 fully saturated rings. The highest BCUT2D eigenvalue weighted by atomic mass is 35.5. The third-order valence-electron chi connectivity index (χ3n) is 2.74.